The summed E-state index contributed by atoms with van der Waals surface area (Å²) in [7, 11) is 0. The van der Waals surface area contributed by atoms with Crippen molar-refractivity contribution < 1.29 is 0 Å². The largest absolute Gasteiger partial charge is 0.383 e. The van der Waals surface area contributed by atoms with Gasteiger partial charge in [-0.05, 0) is 54.6 Å². The third-order valence-corrected chi connectivity index (χ3v) is 4.36. The van der Waals surface area contributed by atoms with Crippen molar-refractivity contribution in [3.05, 3.63) is 51.7 Å². The fourth-order valence-corrected chi connectivity index (χ4v) is 3.06. The monoisotopic (exact) mass is 343 g/mol. The lowest BCUT2D eigenvalue weighted by Crippen LogP contribution is -2.27. The number of fused-ring (bicyclic) bond motifs is 1. The Morgan fingerprint density at radius 2 is 2.14 bits per heavy atom. The van der Waals surface area contributed by atoms with Gasteiger partial charge in [0.2, 0.25) is 0 Å². The van der Waals surface area contributed by atoms with Gasteiger partial charge in [0.1, 0.15) is 5.84 Å². The normalized spacial score (nSPS) is 17.4. The van der Waals surface area contributed by atoms with Crippen LogP contribution in [0.25, 0.3) is 0 Å². The molecule has 1 unspecified atom stereocenters. The van der Waals surface area contributed by atoms with Crippen LogP contribution in [0.2, 0.25) is 0 Å². The van der Waals surface area contributed by atoms with Gasteiger partial charge >= 0.3 is 0 Å². The number of halogens is 2. The number of hydrogen-bond acceptors (Lipinski definition) is 3. The summed E-state index contributed by atoms with van der Waals surface area (Å²) in [5.41, 5.74) is 9.71. The predicted molar refractivity (Wildman–Crippen MR) is 95.8 cm³/mol. The molecule has 0 aliphatic carbocycles. The van der Waals surface area contributed by atoms with E-state index in [1.54, 1.807) is 11.3 Å². The molecular weight excluding hydrogens is 325 g/mol. The van der Waals surface area contributed by atoms with Crippen LogP contribution in [0.3, 0.4) is 0 Å². The van der Waals surface area contributed by atoms with Crippen LogP contribution in [0.15, 0.2) is 40.7 Å². The van der Waals surface area contributed by atoms with Crippen molar-refractivity contribution >= 4 is 47.7 Å². The second-order valence-electron chi connectivity index (χ2n) is 4.78. The number of benzene rings is 1. The molecule has 3 rings (SSSR count). The fraction of sp³-hybridized carbons (Fsp3) is 0.267. The van der Waals surface area contributed by atoms with Gasteiger partial charge in [-0.1, -0.05) is 12.1 Å². The summed E-state index contributed by atoms with van der Waals surface area (Å²) in [5, 5.41) is 5.48. The number of hydrogen-bond donors (Lipinski definition) is 2. The lowest BCUT2D eigenvalue weighted by Gasteiger charge is -2.24. The summed E-state index contributed by atoms with van der Waals surface area (Å²) in [6.45, 7) is 3.24. The van der Waals surface area contributed by atoms with Crippen LogP contribution in [-0.2, 0) is 6.42 Å². The van der Waals surface area contributed by atoms with Crippen molar-refractivity contribution in [3.8, 4) is 0 Å². The molecule has 0 saturated carbocycles. The molecule has 2 aromatic rings. The van der Waals surface area contributed by atoms with Gasteiger partial charge in [-0.3, -0.25) is 0 Å². The quantitative estimate of drug-likeness (QED) is 0.642. The van der Waals surface area contributed by atoms with E-state index in [0.717, 1.165) is 23.5 Å². The van der Waals surface area contributed by atoms with E-state index in [1.807, 2.05) is 17.5 Å². The molecule has 1 aromatic carbocycles. The zero-order valence-corrected chi connectivity index (χ0v) is 14.2. The maximum Gasteiger partial charge on any atom is 0.141 e. The standard InChI is InChI=1S/C15H17N3S.2ClH/c1-10-13-9-12(5-4-11(13)6-7-17-10)18-15(16)14-3-2-8-19-14;;/h2-5,8-10,17H,6-7H2,1H3,(H2,16,18);2*1H. The topological polar surface area (TPSA) is 50.4 Å². The van der Waals surface area contributed by atoms with Crippen LogP contribution >= 0.6 is 36.2 Å². The Balaban J connectivity index is 0.00000110. The maximum atomic E-state index is 6.03. The molecule has 0 radical (unpaired) electrons. The first kappa shape index (κ1) is 18.0. The maximum absolute atomic E-state index is 6.03. The Morgan fingerprint density at radius 1 is 1.33 bits per heavy atom. The molecule has 114 valence electrons. The molecule has 6 heteroatoms. The van der Waals surface area contributed by atoms with Crippen LogP contribution in [0.5, 0.6) is 0 Å². The highest BCUT2D eigenvalue weighted by Gasteiger charge is 2.15. The SMILES string of the molecule is CC1NCCc2ccc(N=C(N)c3cccs3)cc21.Cl.Cl. The van der Waals surface area contributed by atoms with Crippen molar-refractivity contribution in [2.45, 2.75) is 19.4 Å². The molecule has 2 heterocycles. The summed E-state index contributed by atoms with van der Waals surface area (Å²) >= 11 is 1.61. The predicted octanol–water partition coefficient (Wildman–Crippen LogP) is 3.84. The Bertz CT molecular complexity index is 611. The van der Waals surface area contributed by atoms with Crippen molar-refractivity contribution in [1.82, 2.24) is 5.32 Å². The molecule has 0 saturated heterocycles. The third kappa shape index (κ3) is 3.98. The molecule has 1 aliphatic rings. The van der Waals surface area contributed by atoms with Gasteiger partial charge in [0.15, 0.2) is 0 Å². The summed E-state index contributed by atoms with van der Waals surface area (Å²) in [6.07, 6.45) is 1.09. The Hall–Kier alpha value is -1.07. The lowest BCUT2D eigenvalue weighted by molar-refractivity contribution is 0.541. The summed E-state index contributed by atoms with van der Waals surface area (Å²) in [6, 6.07) is 10.7. The van der Waals surface area contributed by atoms with E-state index in [1.165, 1.54) is 11.1 Å². The highest BCUT2D eigenvalue weighted by molar-refractivity contribution is 7.12. The van der Waals surface area contributed by atoms with Gasteiger partial charge in [0.05, 0.1) is 10.6 Å². The van der Waals surface area contributed by atoms with Gasteiger partial charge < -0.3 is 11.1 Å². The van der Waals surface area contributed by atoms with E-state index < -0.39 is 0 Å². The first-order chi connectivity index (χ1) is 9.24. The van der Waals surface area contributed by atoms with Crippen LogP contribution in [0.1, 0.15) is 29.0 Å². The molecule has 0 spiro atoms. The first-order valence-corrected chi connectivity index (χ1v) is 7.36. The molecule has 0 amide bonds. The molecule has 1 aromatic heterocycles. The molecule has 1 aliphatic heterocycles. The molecule has 0 bridgehead atoms. The van der Waals surface area contributed by atoms with Crippen molar-refractivity contribution in [2.75, 3.05) is 6.54 Å². The van der Waals surface area contributed by atoms with Crippen LogP contribution in [-0.4, -0.2) is 12.4 Å². The van der Waals surface area contributed by atoms with Crippen LogP contribution in [0.4, 0.5) is 5.69 Å². The Kier molecular flexibility index (Phi) is 6.68. The highest BCUT2D eigenvalue weighted by atomic mass is 35.5. The van der Waals surface area contributed by atoms with E-state index in [0.29, 0.717) is 11.9 Å². The second kappa shape index (κ2) is 7.80. The number of nitrogens with zero attached hydrogens (tertiary/aromatic N) is 1. The molecule has 1 atom stereocenters. The number of amidine groups is 1. The van der Waals surface area contributed by atoms with Gasteiger partial charge in [0.25, 0.3) is 0 Å². The minimum absolute atomic E-state index is 0. The molecule has 3 nitrogen and oxygen atoms in total. The number of thiophene rings is 1. The molecule has 3 N–H and O–H groups in total. The number of nitrogens with two attached hydrogens (primary N) is 1. The first-order valence-electron chi connectivity index (χ1n) is 6.48. The highest BCUT2D eigenvalue weighted by Crippen LogP contribution is 2.27. The fourth-order valence-electron chi connectivity index (χ4n) is 2.43. The van der Waals surface area contributed by atoms with Crippen molar-refractivity contribution in [1.29, 1.82) is 0 Å². The Labute approximate surface area is 141 Å². The third-order valence-electron chi connectivity index (χ3n) is 3.46. The Morgan fingerprint density at radius 3 is 2.86 bits per heavy atom. The minimum atomic E-state index is 0. The van der Waals surface area contributed by atoms with Gasteiger partial charge in [-0.2, -0.15) is 0 Å². The minimum Gasteiger partial charge on any atom is -0.383 e. The van der Waals surface area contributed by atoms with Gasteiger partial charge in [-0.15, -0.1) is 36.2 Å². The summed E-state index contributed by atoms with van der Waals surface area (Å²) < 4.78 is 0. The second-order valence-corrected chi connectivity index (χ2v) is 5.73. The number of rotatable bonds is 2. The molecular formula is C15H19Cl2N3S. The zero-order chi connectivity index (χ0) is 13.2. The van der Waals surface area contributed by atoms with E-state index in [4.69, 9.17) is 5.73 Å². The average Bonchev–Trinajstić information content (AvgIpc) is 2.94. The van der Waals surface area contributed by atoms with Crippen LogP contribution < -0.4 is 11.1 Å². The zero-order valence-electron chi connectivity index (χ0n) is 11.7. The van der Waals surface area contributed by atoms with E-state index >= 15 is 0 Å². The van der Waals surface area contributed by atoms with Crippen LogP contribution in [0, 0.1) is 0 Å². The van der Waals surface area contributed by atoms with Gasteiger partial charge in [0, 0.05) is 6.04 Å². The molecule has 21 heavy (non-hydrogen) atoms. The van der Waals surface area contributed by atoms with E-state index in [-0.39, 0.29) is 24.8 Å². The van der Waals surface area contributed by atoms with E-state index in [9.17, 15) is 0 Å². The van der Waals surface area contributed by atoms with Crippen molar-refractivity contribution in [2.24, 2.45) is 10.7 Å². The van der Waals surface area contributed by atoms with Crippen molar-refractivity contribution in [3.63, 3.8) is 0 Å². The summed E-state index contributed by atoms with van der Waals surface area (Å²) in [4.78, 5) is 5.54. The number of nitrogens with one attached hydrogen (secondary N) is 1. The average molecular weight is 344 g/mol. The summed E-state index contributed by atoms with van der Waals surface area (Å²) in [5.74, 6) is 0.589. The lowest BCUT2D eigenvalue weighted by atomic mass is 9.95. The smallest absolute Gasteiger partial charge is 0.141 e. The van der Waals surface area contributed by atoms with E-state index in [2.05, 4.69) is 35.4 Å². The molecule has 0 fully saturated rings. The number of aliphatic imine (C=N–C) groups is 1. The van der Waals surface area contributed by atoms with Gasteiger partial charge in [-0.25, -0.2) is 4.99 Å².